The first-order valence-electron chi connectivity index (χ1n) is 9.53. The van der Waals surface area contributed by atoms with E-state index in [1.165, 1.54) is 22.5 Å². The molecule has 2 aromatic rings. The van der Waals surface area contributed by atoms with Crippen LogP contribution in [0.2, 0.25) is 5.02 Å². The predicted octanol–water partition coefficient (Wildman–Crippen LogP) is 4.26. The molecule has 29 heavy (non-hydrogen) atoms. The molecule has 1 unspecified atom stereocenters. The van der Waals surface area contributed by atoms with Crippen LogP contribution in [0.3, 0.4) is 0 Å². The maximum atomic E-state index is 12.9. The zero-order valence-corrected chi connectivity index (χ0v) is 18.7. The highest BCUT2D eigenvalue weighted by Gasteiger charge is 2.26. The van der Waals surface area contributed by atoms with E-state index in [0.29, 0.717) is 25.3 Å². The van der Waals surface area contributed by atoms with Crippen molar-refractivity contribution in [2.24, 2.45) is 0 Å². The van der Waals surface area contributed by atoms with Crippen molar-refractivity contribution < 1.29 is 17.9 Å². The summed E-state index contributed by atoms with van der Waals surface area (Å²) < 4.78 is 32.4. The molecular formula is C21H27ClN2O4S. The molecule has 6 nitrogen and oxygen atoms in total. The van der Waals surface area contributed by atoms with Gasteiger partial charge in [0.1, 0.15) is 10.6 Å². The van der Waals surface area contributed by atoms with Crippen LogP contribution in [0.15, 0.2) is 47.4 Å². The van der Waals surface area contributed by atoms with Crippen molar-refractivity contribution >= 4 is 27.5 Å². The molecule has 0 saturated carbocycles. The number of hydrogen-bond donors (Lipinski definition) is 1. The van der Waals surface area contributed by atoms with Crippen LogP contribution in [-0.4, -0.2) is 38.8 Å². The molecule has 0 fully saturated rings. The molecule has 1 N–H and O–H groups in total. The summed E-state index contributed by atoms with van der Waals surface area (Å²) in [6, 6.07) is 11.5. The second-order valence-electron chi connectivity index (χ2n) is 6.41. The van der Waals surface area contributed by atoms with Gasteiger partial charge in [-0.05, 0) is 30.7 Å². The van der Waals surface area contributed by atoms with Gasteiger partial charge in [-0.3, -0.25) is 4.79 Å². The monoisotopic (exact) mass is 438 g/mol. The molecule has 8 heteroatoms. The molecule has 158 valence electrons. The van der Waals surface area contributed by atoms with Crippen LogP contribution >= 0.6 is 11.6 Å². The van der Waals surface area contributed by atoms with Gasteiger partial charge in [-0.25, -0.2) is 8.42 Å². The number of ether oxygens (including phenoxy) is 1. The Labute approximate surface area is 177 Å². The van der Waals surface area contributed by atoms with Crippen LogP contribution in [-0.2, 0) is 10.0 Å². The highest BCUT2D eigenvalue weighted by Crippen LogP contribution is 2.29. The molecule has 2 aromatic carbocycles. The van der Waals surface area contributed by atoms with Gasteiger partial charge in [0, 0.05) is 24.2 Å². The van der Waals surface area contributed by atoms with Gasteiger partial charge in [-0.2, -0.15) is 4.31 Å². The van der Waals surface area contributed by atoms with Crippen molar-refractivity contribution in [2.75, 3.05) is 20.2 Å². The minimum atomic E-state index is -3.78. The number of methoxy groups -OCH3 is 1. The largest absolute Gasteiger partial charge is 0.496 e. The second kappa shape index (κ2) is 10.1. The lowest BCUT2D eigenvalue weighted by Gasteiger charge is -2.21. The number of sulfonamides is 1. The van der Waals surface area contributed by atoms with E-state index < -0.39 is 10.0 Å². The highest BCUT2D eigenvalue weighted by atomic mass is 35.5. The van der Waals surface area contributed by atoms with Crippen molar-refractivity contribution in [2.45, 2.75) is 38.1 Å². The van der Waals surface area contributed by atoms with Crippen LogP contribution in [0.1, 0.15) is 49.2 Å². The van der Waals surface area contributed by atoms with E-state index in [2.05, 4.69) is 5.32 Å². The predicted molar refractivity (Wildman–Crippen MR) is 115 cm³/mol. The average molecular weight is 439 g/mol. The lowest BCUT2D eigenvalue weighted by atomic mass is 10.0. The second-order valence-corrected chi connectivity index (χ2v) is 8.72. The van der Waals surface area contributed by atoms with E-state index in [-0.39, 0.29) is 27.4 Å². The lowest BCUT2D eigenvalue weighted by molar-refractivity contribution is 0.0935. The Bertz CT molecular complexity index is 959. The van der Waals surface area contributed by atoms with Crippen molar-refractivity contribution in [3.63, 3.8) is 0 Å². The Morgan fingerprint density at radius 1 is 1.14 bits per heavy atom. The number of nitrogens with zero attached hydrogens (tertiary/aromatic N) is 1. The zero-order valence-electron chi connectivity index (χ0n) is 17.1. The fourth-order valence-electron chi connectivity index (χ4n) is 3.14. The summed E-state index contributed by atoms with van der Waals surface area (Å²) in [7, 11) is -2.20. The number of carbonyl (C=O) groups excluding carboxylic acids is 1. The smallest absolute Gasteiger partial charge is 0.251 e. The molecule has 0 radical (unpaired) electrons. The number of benzene rings is 2. The van der Waals surface area contributed by atoms with Crippen LogP contribution in [0.5, 0.6) is 5.75 Å². The average Bonchev–Trinajstić information content (AvgIpc) is 2.72. The van der Waals surface area contributed by atoms with Gasteiger partial charge in [0.2, 0.25) is 10.0 Å². The number of hydrogen-bond acceptors (Lipinski definition) is 4. The van der Waals surface area contributed by atoms with Gasteiger partial charge in [-0.15, -0.1) is 0 Å². The van der Waals surface area contributed by atoms with Gasteiger partial charge < -0.3 is 10.1 Å². The maximum absolute atomic E-state index is 12.9. The summed E-state index contributed by atoms with van der Waals surface area (Å²) in [6.07, 6.45) is 0.643. The van der Waals surface area contributed by atoms with Crippen LogP contribution in [0.4, 0.5) is 0 Å². The number of amides is 1. The van der Waals surface area contributed by atoms with E-state index in [0.717, 1.165) is 5.56 Å². The quantitative estimate of drug-likeness (QED) is 0.634. The summed E-state index contributed by atoms with van der Waals surface area (Å²) in [5.74, 6) is 0.302. The lowest BCUT2D eigenvalue weighted by Crippen LogP contribution is -2.31. The van der Waals surface area contributed by atoms with Crippen molar-refractivity contribution in [3.05, 3.63) is 58.6 Å². The van der Waals surface area contributed by atoms with Crippen molar-refractivity contribution in [3.8, 4) is 5.75 Å². The van der Waals surface area contributed by atoms with Crippen LogP contribution < -0.4 is 10.1 Å². The molecule has 0 spiro atoms. The van der Waals surface area contributed by atoms with E-state index in [4.69, 9.17) is 16.3 Å². The summed E-state index contributed by atoms with van der Waals surface area (Å²) in [6.45, 7) is 6.10. The van der Waals surface area contributed by atoms with E-state index >= 15 is 0 Å². The Hall–Kier alpha value is -2.09. The summed E-state index contributed by atoms with van der Waals surface area (Å²) in [5, 5.41) is 3.05. The third-order valence-electron chi connectivity index (χ3n) is 4.74. The Kier molecular flexibility index (Phi) is 8.07. The SMILES string of the molecule is CCC(NC(=O)c1ccc(Cl)c(S(=O)(=O)N(CC)CC)c1)c1ccccc1OC. The molecular weight excluding hydrogens is 412 g/mol. The summed E-state index contributed by atoms with van der Waals surface area (Å²) in [5.41, 5.74) is 1.09. The van der Waals surface area contributed by atoms with E-state index in [1.54, 1.807) is 21.0 Å². The topological polar surface area (TPSA) is 75.7 Å². The van der Waals surface area contributed by atoms with Crippen molar-refractivity contribution in [1.82, 2.24) is 9.62 Å². The molecule has 0 bridgehead atoms. The fourth-order valence-corrected chi connectivity index (χ4v) is 5.10. The first-order valence-corrected chi connectivity index (χ1v) is 11.3. The molecule has 0 aromatic heterocycles. The minimum absolute atomic E-state index is 0.0687. The Balaban J connectivity index is 2.36. The van der Waals surface area contributed by atoms with E-state index in [1.807, 2.05) is 31.2 Å². The molecule has 0 saturated heterocycles. The third-order valence-corrected chi connectivity index (χ3v) is 7.28. The number of carbonyl (C=O) groups is 1. The first kappa shape index (κ1) is 23.2. The van der Waals surface area contributed by atoms with Gasteiger partial charge in [0.15, 0.2) is 0 Å². The molecule has 1 amide bonds. The van der Waals surface area contributed by atoms with Gasteiger partial charge in [-0.1, -0.05) is 50.6 Å². The molecule has 0 aliphatic rings. The van der Waals surface area contributed by atoms with Gasteiger partial charge in [0.25, 0.3) is 5.91 Å². The number of nitrogens with one attached hydrogen (secondary N) is 1. The molecule has 0 heterocycles. The Morgan fingerprint density at radius 2 is 1.79 bits per heavy atom. The number of halogens is 1. The molecule has 2 rings (SSSR count). The third kappa shape index (κ3) is 5.10. The summed E-state index contributed by atoms with van der Waals surface area (Å²) >= 11 is 6.16. The van der Waals surface area contributed by atoms with Gasteiger partial charge in [0.05, 0.1) is 18.2 Å². The minimum Gasteiger partial charge on any atom is -0.496 e. The maximum Gasteiger partial charge on any atom is 0.251 e. The molecule has 0 aliphatic heterocycles. The van der Waals surface area contributed by atoms with Crippen LogP contribution in [0.25, 0.3) is 0 Å². The molecule has 1 atom stereocenters. The highest BCUT2D eigenvalue weighted by molar-refractivity contribution is 7.89. The Morgan fingerprint density at radius 3 is 2.38 bits per heavy atom. The van der Waals surface area contributed by atoms with Gasteiger partial charge >= 0.3 is 0 Å². The van der Waals surface area contributed by atoms with E-state index in [9.17, 15) is 13.2 Å². The number of rotatable bonds is 9. The first-order chi connectivity index (χ1) is 13.8. The fraction of sp³-hybridized carbons (Fsp3) is 0.381. The zero-order chi connectivity index (χ0) is 21.6. The van der Waals surface area contributed by atoms with Crippen molar-refractivity contribution in [1.29, 1.82) is 0 Å². The number of para-hydroxylation sites is 1. The normalized spacial score (nSPS) is 12.6. The van der Waals surface area contributed by atoms with Crippen LogP contribution in [0, 0.1) is 0 Å². The standard InChI is InChI=1S/C21H27ClN2O4S/c1-5-18(16-10-8-9-11-19(16)28-4)23-21(25)15-12-13-17(22)20(14-15)29(26,27)24(6-2)7-3/h8-14,18H,5-7H2,1-4H3,(H,23,25). The summed E-state index contributed by atoms with van der Waals surface area (Å²) in [4.78, 5) is 12.8. The molecule has 0 aliphatic carbocycles.